The first kappa shape index (κ1) is 53.5. The number of carbonyl (C=O) groups is 4. The Kier molecular flexibility index (Phi) is 15.8. The summed E-state index contributed by atoms with van der Waals surface area (Å²) in [5.41, 5.74) is 14.1. The van der Waals surface area contributed by atoms with E-state index in [1.165, 1.54) is 71.6 Å². The summed E-state index contributed by atoms with van der Waals surface area (Å²) in [4.78, 5) is 76.1. The summed E-state index contributed by atoms with van der Waals surface area (Å²) in [6.07, 6.45) is 18.1. The van der Waals surface area contributed by atoms with Gasteiger partial charge in [0.1, 0.15) is 17.7 Å². The maximum absolute atomic E-state index is 14.6. The van der Waals surface area contributed by atoms with Crippen LogP contribution in [-0.4, -0.2) is 86.0 Å². The highest BCUT2D eigenvalue weighted by Gasteiger charge is 2.50. The highest BCUT2D eigenvalue weighted by atomic mass is 16.5. The molecule has 6 aromatic rings. The van der Waals surface area contributed by atoms with Crippen LogP contribution in [0.1, 0.15) is 170 Å². The molecular formula is C65H81N7O6. The van der Waals surface area contributed by atoms with E-state index in [0.717, 1.165) is 136 Å². The Bertz CT molecular complexity index is 2960. The molecule has 0 unspecified atom stereocenters. The average molecular weight is 1060 g/mol. The first-order chi connectivity index (χ1) is 37.8. The van der Waals surface area contributed by atoms with Gasteiger partial charge in [0, 0.05) is 12.1 Å². The van der Waals surface area contributed by atoms with E-state index in [4.69, 9.17) is 19.4 Å². The molecule has 0 spiro atoms. The van der Waals surface area contributed by atoms with Gasteiger partial charge in [-0.15, -0.1) is 0 Å². The standard InChI is InChI=1S/C65H81N7O6/c1-38(2)48(37-59(73)77-5)63(74)71-55-21-13-11-19-46(55)35-57(71)61-66-51-29-27-44(33-53(51)68-61)49-31-40-15-8-10-18-43-26-24-41(16-7-9-17-42(49)25-23-40)32-50(43)45-28-30-52-54(34-45)69-62(67-52)58-36-47-20-12-14-22-56(47)72(58)64(75)60(39(3)4)70-65(76)78-6/h23-34,38-39,46-48,55-58,60H,7-22,35-37H2,1-6H3,(H,66,68)(H,67,69)(H,70,76)/t46-,47-,48-,55-,56-,57-,58-,60-/m0/s1. The molecule has 4 fully saturated rings. The zero-order valence-electron chi connectivity index (χ0n) is 46.9. The maximum atomic E-state index is 14.6. The fourth-order valence-electron chi connectivity index (χ4n) is 14.5. The molecule has 13 nitrogen and oxygen atoms in total. The number of hydrogen-bond donors (Lipinski definition) is 3. The molecule has 6 aliphatic carbocycles. The zero-order valence-corrected chi connectivity index (χ0v) is 46.9. The van der Waals surface area contributed by atoms with Crippen LogP contribution in [0.25, 0.3) is 44.3 Å². The molecule has 0 radical (unpaired) electrons. The third-order valence-electron chi connectivity index (χ3n) is 18.7. The van der Waals surface area contributed by atoms with Crippen molar-refractivity contribution in [1.82, 2.24) is 35.1 Å². The van der Waals surface area contributed by atoms with E-state index in [-0.39, 0.29) is 60.2 Å². The van der Waals surface area contributed by atoms with Gasteiger partial charge in [-0.05, 0) is 182 Å². The normalized spacial score (nSPS) is 23.4. The Morgan fingerprint density at radius 1 is 0.577 bits per heavy atom. The number of nitrogens with zero attached hydrogens (tertiary/aromatic N) is 4. The van der Waals surface area contributed by atoms with Crippen molar-refractivity contribution in [3.8, 4) is 22.3 Å². The Balaban J connectivity index is 0.818. The molecule has 2 aliphatic heterocycles. The molecule has 4 heterocycles. The van der Waals surface area contributed by atoms with Crippen LogP contribution < -0.4 is 5.32 Å². The van der Waals surface area contributed by atoms with Crippen molar-refractivity contribution in [2.45, 2.75) is 180 Å². The Morgan fingerprint density at radius 3 is 1.54 bits per heavy atom. The second-order valence-corrected chi connectivity index (χ2v) is 24.3. The van der Waals surface area contributed by atoms with E-state index in [0.29, 0.717) is 11.8 Å². The second kappa shape index (κ2) is 23.1. The van der Waals surface area contributed by atoms with Gasteiger partial charge in [-0.1, -0.05) is 102 Å². The number of fused-ring (bicyclic) bond motifs is 4. The number of amides is 3. The minimum Gasteiger partial charge on any atom is -0.469 e. The van der Waals surface area contributed by atoms with Crippen LogP contribution in [0.2, 0.25) is 0 Å². The van der Waals surface area contributed by atoms with Crippen molar-refractivity contribution in [2.75, 3.05) is 14.2 Å². The number of aromatic nitrogens is 4. The lowest BCUT2D eigenvalue weighted by Crippen LogP contribution is -2.53. The van der Waals surface area contributed by atoms with E-state index >= 15 is 0 Å². The van der Waals surface area contributed by atoms with Crippen LogP contribution in [0.5, 0.6) is 0 Å². The van der Waals surface area contributed by atoms with Gasteiger partial charge in [0.05, 0.1) is 60.7 Å². The van der Waals surface area contributed by atoms with Crippen LogP contribution in [0.15, 0.2) is 72.8 Å². The van der Waals surface area contributed by atoms with Gasteiger partial charge in [-0.25, -0.2) is 14.8 Å². The van der Waals surface area contributed by atoms with Gasteiger partial charge < -0.3 is 34.6 Å². The van der Waals surface area contributed by atoms with Gasteiger partial charge in [0.25, 0.3) is 0 Å². The number of aryl methyl sites for hydroxylation is 4. The average Bonchev–Trinajstić information content (AvgIpc) is 4.45. The van der Waals surface area contributed by atoms with E-state index < -0.39 is 18.1 Å². The quantitative estimate of drug-likeness (QED) is 0.108. The number of rotatable bonds is 11. The maximum Gasteiger partial charge on any atom is 0.407 e. The van der Waals surface area contributed by atoms with Gasteiger partial charge in [-0.3, -0.25) is 14.4 Å². The number of aromatic amines is 2. The molecule has 8 atom stereocenters. The predicted molar refractivity (Wildman–Crippen MR) is 305 cm³/mol. The molecule has 78 heavy (non-hydrogen) atoms. The van der Waals surface area contributed by atoms with Gasteiger partial charge in [-0.2, -0.15) is 0 Å². The number of nitrogens with one attached hydrogen (secondary N) is 3. The number of benzene rings is 4. The van der Waals surface area contributed by atoms with Crippen LogP contribution in [0, 0.1) is 29.6 Å². The summed E-state index contributed by atoms with van der Waals surface area (Å²) >= 11 is 0. The summed E-state index contributed by atoms with van der Waals surface area (Å²) in [6.45, 7) is 8.01. The monoisotopic (exact) mass is 1060 g/mol. The topological polar surface area (TPSA) is 163 Å². The van der Waals surface area contributed by atoms with Crippen molar-refractivity contribution in [1.29, 1.82) is 0 Å². The summed E-state index contributed by atoms with van der Waals surface area (Å²) in [7, 11) is 2.74. The minimum atomic E-state index is -0.687. The van der Waals surface area contributed by atoms with Gasteiger partial charge >= 0.3 is 12.1 Å². The van der Waals surface area contributed by atoms with Gasteiger partial charge in [0.2, 0.25) is 11.8 Å². The third kappa shape index (κ3) is 10.8. The summed E-state index contributed by atoms with van der Waals surface area (Å²) in [6, 6.07) is 26.8. The molecule has 14 rings (SSSR count). The fraction of sp³-hybridized carbons (Fsp3) is 0.538. The van der Waals surface area contributed by atoms with Gasteiger partial charge in [0.15, 0.2) is 0 Å². The predicted octanol–water partition coefficient (Wildman–Crippen LogP) is 13.1. The highest BCUT2D eigenvalue weighted by Crippen LogP contribution is 2.49. The minimum absolute atomic E-state index is 0.00516. The molecule has 2 saturated carbocycles. The molecule has 4 aromatic carbocycles. The zero-order chi connectivity index (χ0) is 54.2. The number of imidazole rings is 2. The van der Waals surface area contributed by atoms with Crippen molar-refractivity contribution >= 4 is 45.9 Å². The number of esters is 1. The molecule has 3 amide bonds. The molecule has 3 N–H and O–H groups in total. The number of methoxy groups -OCH3 is 2. The summed E-state index contributed by atoms with van der Waals surface area (Å²) in [5.74, 6) is 1.62. The number of hydrogen-bond acceptors (Lipinski definition) is 8. The van der Waals surface area contributed by atoms with E-state index in [9.17, 15) is 19.2 Å². The Hall–Kier alpha value is -6.50. The molecule has 2 saturated heterocycles. The van der Waals surface area contributed by atoms with Crippen molar-refractivity contribution in [2.24, 2.45) is 29.6 Å². The Morgan fingerprint density at radius 2 is 1.06 bits per heavy atom. The summed E-state index contributed by atoms with van der Waals surface area (Å²) in [5, 5.41) is 2.85. The van der Waals surface area contributed by atoms with E-state index in [1.54, 1.807) is 0 Å². The first-order valence-electron chi connectivity index (χ1n) is 29.6. The van der Waals surface area contributed by atoms with Crippen molar-refractivity contribution < 1.29 is 28.7 Å². The lowest BCUT2D eigenvalue weighted by atomic mass is 9.84. The van der Waals surface area contributed by atoms with Crippen molar-refractivity contribution in [3.63, 3.8) is 0 Å². The molecule has 4 bridgehead atoms. The van der Waals surface area contributed by atoms with Crippen molar-refractivity contribution in [3.05, 3.63) is 107 Å². The van der Waals surface area contributed by atoms with Crippen LogP contribution in [0.4, 0.5) is 4.79 Å². The first-order valence-corrected chi connectivity index (χ1v) is 29.6. The van der Waals surface area contributed by atoms with E-state index in [2.05, 4.69) is 97.9 Å². The lowest BCUT2D eigenvalue weighted by molar-refractivity contribution is -0.150. The third-order valence-corrected chi connectivity index (χ3v) is 18.7. The number of carbonyl (C=O) groups excluding carboxylic acids is 4. The summed E-state index contributed by atoms with van der Waals surface area (Å²) < 4.78 is 10.0. The second-order valence-electron chi connectivity index (χ2n) is 24.3. The fourth-order valence-corrected chi connectivity index (χ4v) is 14.5. The molecule has 13 heteroatoms. The number of alkyl carbamates (subject to hydrolysis) is 1. The Labute approximate surface area is 460 Å². The molecule has 2 aromatic heterocycles. The highest BCUT2D eigenvalue weighted by molar-refractivity contribution is 5.88. The SMILES string of the molecule is COC(=O)C[C@H](C(=O)N1[C@H](c2nc3ccc(-c4cc5ccc4CCCCc4ccc(c(-c6ccc7nc([C@@H]8C[C@@H]9CCCC[C@@H]9N8C(=O)[C@@H](NC(=O)OC)C(C)C)[nH]c7c6)c4)CCCC5)cc3[nH]2)C[C@@H]2CCCC[C@@H]21)C(C)C. The van der Waals surface area contributed by atoms with Crippen LogP contribution in [-0.2, 0) is 49.5 Å². The number of likely N-dealkylation sites (tertiary alicyclic amines) is 2. The molecule has 412 valence electrons. The number of H-pyrrole nitrogens is 2. The van der Waals surface area contributed by atoms with E-state index in [1.807, 2.05) is 27.7 Å². The lowest BCUT2D eigenvalue weighted by Gasteiger charge is -2.36. The molecular weight excluding hydrogens is 975 g/mol. The molecule has 8 aliphatic rings. The number of ether oxygens (including phenoxy) is 2. The van der Waals surface area contributed by atoms with Crippen LogP contribution >= 0.6 is 0 Å². The smallest absolute Gasteiger partial charge is 0.407 e. The largest absolute Gasteiger partial charge is 0.469 e. The van der Waals surface area contributed by atoms with Crippen LogP contribution in [0.3, 0.4) is 0 Å².